The van der Waals surface area contributed by atoms with Crippen LogP contribution in [0.15, 0.2) is 66.9 Å². The number of hydrogen-bond donors (Lipinski definition) is 5. The Morgan fingerprint density at radius 2 is 1.70 bits per heavy atom. The molecule has 23 heteroatoms. The van der Waals surface area contributed by atoms with E-state index in [-0.39, 0.29) is 65.4 Å². The van der Waals surface area contributed by atoms with Crippen molar-refractivity contribution in [2.24, 2.45) is 11.7 Å². The fourth-order valence-electron chi connectivity index (χ4n) is 7.86. The molecule has 4 aliphatic heterocycles. The Labute approximate surface area is 354 Å². The number of amides is 5. The Hall–Kier alpha value is -7.33. The van der Waals surface area contributed by atoms with Gasteiger partial charge in [0.05, 0.1) is 35.6 Å². The van der Waals surface area contributed by atoms with Gasteiger partial charge in [0.25, 0.3) is 11.8 Å². The van der Waals surface area contributed by atoms with Gasteiger partial charge in [-0.1, -0.05) is 0 Å². The first kappa shape index (κ1) is 42.4. The molecule has 63 heavy (non-hydrogen) atoms. The van der Waals surface area contributed by atoms with Crippen LogP contribution in [-0.4, -0.2) is 106 Å². The van der Waals surface area contributed by atoms with Gasteiger partial charge < -0.3 is 41.1 Å². The summed E-state index contributed by atoms with van der Waals surface area (Å²) in [4.78, 5) is 76.7. The summed E-state index contributed by atoms with van der Waals surface area (Å²) < 4.78 is 75.2. The Balaban J connectivity index is 0.836. The van der Waals surface area contributed by atoms with E-state index in [1.807, 2.05) is 4.90 Å². The highest BCUT2D eigenvalue weighted by Gasteiger charge is 2.36. The number of carbonyl (C=O) groups excluding carboxylic acids is 5. The fraction of sp³-hybridized carbons (Fsp3) is 0.350. The van der Waals surface area contributed by atoms with Crippen molar-refractivity contribution in [1.82, 2.24) is 35.3 Å². The van der Waals surface area contributed by atoms with Crippen molar-refractivity contribution < 1.29 is 50.7 Å². The highest BCUT2D eigenvalue weighted by Crippen LogP contribution is 2.34. The number of piperidine rings is 1. The van der Waals surface area contributed by atoms with Gasteiger partial charge in [0.1, 0.15) is 41.8 Å². The normalized spacial score (nSPS) is 20.2. The number of nitrogens with one attached hydrogen (secondary N) is 4. The molecule has 3 aromatic heterocycles. The number of halogens is 5. The maximum absolute atomic E-state index is 15.2. The van der Waals surface area contributed by atoms with Crippen molar-refractivity contribution >= 4 is 52.5 Å². The molecule has 18 nitrogen and oxygen atoms in total. The number of primary amides is 1. The lowest BCUT2D eigenvalue weighted by atomic mass is 9.89. The highest BCUT2D eigenvalue weighted by atomic mass is 19.4. The van der Waals surface area contributed by atoms with Gasteiger partial charge in [0.15, 0.2) is 11.9 Å². The minimum atomic E-state index is -4.45. The molecule has 0 aliphatic carbocycles. The van der Waals surface area contributed by atoms with Gasteiger partial charge in [-0.25, -0.2) is 23.4 Å². The lowest BCUT2D eigenvalue weighted by molar-refractivity contribution is -0.135. The zero-order valence-corrected chi connectivity index (χ0v) is 33.1. The van der Waals surface area contributed by atoms with Crippen LogP contribution in [0.25, 0.3) is 5.69 Å². The van der Waals surface area contributed by atoms with E-state index in [1.165, 1.54) is 47.5 Å². The van der Waals surface area contributed by atoms with Gasteiger partial charge in [-0.2, -0.15) is 18.3 Å². The summed E-state index contributed by atoms with van der Waals surface area (Å²) >= 11 is 0. The smallest absolute Gasteiger partial charge is 0.405 e. The number of anilines is 4. The average molecular weight is 879 g/mol. The predicted octanol–water partition coefficient (Wildman–Crippen LogP) is 2.81. The van der Waals surface area contributed by atoms with Gasteiger partial charge >= 0.3 is 6.18 Å². The lowest BCUT2D eigenvalue weighted by Gasteiger charge is -2.36. The van der Waals surface area contributed by atoms with Gasteiger partial charge in [-0.05, 0) is 49.2 Å². The molecule has 7 heterocycles. The molecule has 3 atom stereocenters. The quantitative estimate of drug-likeness (QED) is 0.108. The second kappa shape index (κ2) is 17.2. The third-order valence-electron chi connectivity index (χ3n) is 11.1. The van der Waals surface area contributed by atoms with Crippen LogP contribution in [0.2, 0.25) is 0 Å². The number of nitrogens with zero attached hydrogens (tertiary/aromatic N) is 7. The molecular formula is C40H39F5N12O6. The average Bonchev–Trinajstić information content (AvgIpc) is 4.05. The highest BCUT2D eigenvalue weighted by molar-refractivity contribution is 6.07. The number of imide groups is 1. The summed E-state index contributed by atoms with van der Waals surface area (Å²) in [5.41, 5.74) is 5.98. The van der Waals surface area contributed by atoms with E-state index in [1.54, 1.807) is 21.9 Å². The monoisotopic (exact) mass is 878 g/mol. The van der Waals surface area contributed by atoms with E-state index in [4.69, 9.17) is 10.5 Å². The molecule has 0 saturated carbocycles. The number of pyridine rings is 2. The van der Waals surface area contributed by atoms with E-state index in [2.05, 4.69) is 36.3 Å². The summed E-state index contributed by atoms with van der Waals surface area (Å²) in [6, 6.07) is 8.62. The van der Waals surface area contributed by atoms with Crippen molar-refractivity contribution in [2.45, 2.75) is 37.6 Å². The lowest BCUT2D eigenvalue weighted by Crippen LogP contribution is -2.51. The van der Waals surface area contributed by atoms with Crippen molar-refractivity contribution in [3.8, 4) is 5.69 Å². The molecule has 330 valence electrons. The van der Waals surface area contributed by atoms with E-state index in [0.717, 1.165) is 6.26 Å². The largest absolute Gasteiger partial charge is 0.472 e. The number of benzene rings is 1. The maximum Gasteiger partial charge on any atom is 0.405 e. The number of hydrogen-bond acceptors (Lipinski definition) is 13. The molecule has 6 N–H and O–H groups in total. The van der Waals surface area contributed by atoms with Crippen LogP contribution >= 0.6 is 0 Å². The van der Waals surface area contributed by atoms with Gasteiger partial charge in [0, 0.05) is 68.7 Å². The van der Waals surface area contributed by atoms with Crippen LogP contribution in [0.1, 0.15) is 53.0 Å². The molecule has 0 radical (unpaired) electrons. The van der Waals surface area contributed by atoms with E-state index < -0.39 is 60.1 Å². The summed E-state index contributed by atoms with van der Waals surface area (Å²) in [6.07, 6.45) is 0.425. The Kier molecular flexibility index (Phi) is 11.6. The summed E-state index contributed by atoms with van der Waals surface area (Å²) in [5, 5.41) is 13.9. The molecule has 0 unspecified atom stereocenters. The first-order valence-electron chi connectivity index (χ1n) is 19.8. The molecule has 4 aliphatic rings. The van der Waals surface area contributed by atoms with Crippen molar-refractivity contribution in [2.75, 3.05) is 66.2 Å². The number of rotatable bonds is 11. The molecule has 4 aromatic rings. The summed E-state index contributed by atoms with van der Waals surface area (Å²) in [7, 11) is 0. The summed E-state index contributed by atoms with van der Waals surface area (Å²) in [6.45, 7) is 1.16. The number of alkyl halides is 3. The Morgan fingerprint density at radius 3 is 2.38 bits per heavy atom. The Morgan fingerprint density at radius 1 is 0.937 bits per heavy atom. The molecule has 3 fully saturated rings. The number of ether oxygens (including phenoxy) is 1. The molecule has 0 bridgehead atoms. The van der Waals surface area contributed by atoms with Crippen molar-refractivity contribution in [3.05, 3.63) is 95.4 Å². The van der Waals surface area contributed by atoms with Crippen molar-refractivity contribution in [1.29, 1.82) is 0 Å². The van der Waals surface area contributed by atoms with Gasteiger partial charge in [-0.15, -0.1) is 0 Å². The van der Waals surface area contributed by atoms with Crippen LogP contribution in [-0.2, 0) is 23.9 Å². The fourth-order valence-corrected chi connectivity index (χ4v) is 7.86. The standard InChI is InChI=1S/C40H39F5N12O6/c41-26-14-24(15-27(42)33(26)25-2-4-32(58)52-36(25)60)56-8-6-22(17-56)39(62)55-11-9-54(10-12-55)31-3-1-23(16-48-31)57-18-28(34(53-57)35(46)59)50-37(61)29-19-63-38(51-29)21-5-7-47-30(13-21)49-20-40(43,44)45/h1,3,5,7,13-16,18-19,22,25,38,51H,2,4,6,8-12,17,20H2,(H2,46,59)(H,47,49)(H,50,61)(H,52,58,60)/t22-,25-,38+/m1/s1. The Bertz CT molecular complexity index is 2470. The number of nitrogens with two attached hydrogens (primary N) is 1. The van der Waals surface area contributed by atoms with E-state index in [0.29, 0.717) is 56.2 Å². The minimum Gasteiger partial charge on any atom is -0.472 e. The van der Waals surface area contributed by atoms with Crippen molar-refractivity contribution in [3.63, 3.8) is 0 Å². The number of piperazine rings is 1. The topological polar surface area (TPSA) is 222 Å². The van der Waals surface area contributed by atoms with Crippen LogP contribution < -0.4 is 36.8 Å². The van der Waals surface area contributed by atoms with Gasteiger partial charge in [-0.3, -0.25) is 29.3 Å². The van der Waals surface area contributed by atoms with E-state index in [9.17, 15) is 37.1 Å². The molecular weight excluding hydrogens is 840 g/mol. The van der Waals surface area contributed by atoms with E-state index >= 15 is 8.78 Å². The SMILES string of the molecule is NC(=O)c1nn(-c2ccc(N3CCN(C(=O)[C@@H]4CCN(c5cc(F)c([C@H]6CCC(=O)NC6=O)c(F)c5)C4)CC3)nc2)cc1NC(=O)C1=CO[C@@H](c2ccnc(NCC(F)(F)F)c2)N1. The molecule has 8 rings (SSSR count). The third kappa shape index (κ3) is 9.30. The number of carbonyl (C=O) groups is 5. The van der Waals surface area contributed by atoms with Crippen LogP contribution in [0.5, 0.6) is 0 Å². The predicted molar refractivity (Wildman–Crippen MR) is 213 cm³/mol. The molecule has 3 saturated heterocycles. The zero-order chi connectivity index (χ0) is 44.6. The van der Waals surface area contributed by atoms with Crippen LogP contribution in [0.3, 0.4) is 0 Å². The van der Waals surface area contributed by atoms with Crippen LogP contribution in [0.4, 0.5) is 45.0 Å². The first-order chi connectivity index (χ1) is 30.1. The first-order valence-corrected chi connectivity index (χ1v) is 19.8. The molecule has 0 spiro atoms. The van der Waals surface area contributed by atoms with Gasteiger partial charge in [0.2, 0.25) is 17.7 Å². The van der Waals surface area contributed by atoms with Crippen LogP contribution in [0, 0.1) is 17.6 Å². The second-order valence-electron chi connectivity index (χ2n) is 15.2. The minimum absolute atomic E-state index is 0.0124. The third-order valence-corrected chi connectivity index (χ3v) is 11.1. The molecule has 1 aromatic carbocycles. The zero-order valence-electron chi connectivity index (χ0n) is 33.1. The maximum atomic E-state index is 15.2. The summed E-state index contributed by atoms with van der Waals surface area (Å²) in [5.74, 6) is -5.60. The molecule has 5 amide bonds. The second-order valence-corrected chi connectivity index (χ2v) is 15.2. The number of aromatic nitrogens is 4.